The molecule has 9 heteroatoms. The lowest BCUT2D eigenvalue weighted by Crippen LogP contribution is -2.40. The van der Waals surface area contributed by atoms with Gasteiger partial charge in [-0.15, -0.1) is 0 Å². The van der Waals surface area contributed by atoms with E-state index in [1.807, 2.05) is 32.0 Å². The molecule has 1 aliphatic heterocycles. The Kier molecular flexibility index (Phi) is 9.58. The van der Waals surface area contributed by atoms with Crippen molar-refractivity contribution in [3.05, 3.63) is 70.3 Å². The molecule has 0 aromatic heterocycles. The Morgan fingerprint density at radius 3 is 2.64 bits per heavy atom. The minimum atomic E-state index is -0.855. The SMILES string of the molecule is CC(CCCC(C)N1CCC(c2c(F)ccc(Cl)c2F)=CC1=O)C(=O)Nc1ccccc1CNC=O. The number of carbonyl (C=O) groups is 3. The zero-order chi connectivity index (χ0) is 26.2. The molecular weight excluding hydrogens is 488 g/mol. The largest absolute Gasteiger partial charge is 0.355 e. The number of benzene rings is 2. The van der Waals surface area contributed by atoms with Gasteiger partial charge in [0.1, 0.15) is 5.82 Å². The molecule has 36 heavy (non-hydrogen) atoms. The van der Waals surface area contributed by atoms with Gasteiger partial charge in [-0.05, 0) is 55.5 Å². The van der Waals surface area contributed by atoms with Gasteiger partial charge in [0, 0.05) is 36.8 Å². The summed E-state index contributed by atoms with van der Waals surface area (Å²) in [6.07, 6.45) is 4.26. The number of carbonyl (C=O) groups excluding carboxylic acids is 3. The van der Waals surface area contributed by atoms with Crippen LogP contribution in [0, 0.1) is 17.6 Å². The van der Waals surface area contributed by atoms with E-state index in [9.17, 15) is 23.2 Å². The predicted molar refractivity (Wildman–Crippen MR) is 136 cm³/mol. The molecule has 0 bridgehead atoms. The molecule has 3 amide bonds. The standard InChI is InChI=1S/C27H30ClF2N3O3/c1-17(27(36)32-23-9-4-3-8-20(23)15-31-16-34)6-5-7-18(2)33-13-12-19(14-24(33)35)25-22(29)11-10-21(28)26(25)30/h3-4,8-11,14,16-18H,5-7,12-13,15H2,1-2H3,(H,31,34)(H,32,36). The van der Waals surface area contributed by atoms with E-state index in [2.05, 4.69) is 10.6 Å². The molecule has 0 spiro atoms. The van der Waals surface area contributed by atoms with Gasteiger partial charge >= 0.3 is 0 Å². The van der Waals surface area contributed by atoms with Gasteiger partial charge < -0.3 is 15.5 Å². The normalized spacial score (nSPS) is 15.2. The molecule has 0 fully saturated rings. The zero-order valence-electron chi connectivity index (χ0n) is 20.3. The van der Waals surface area contributed by atoms with Crippen molar-refractivity contribution < 1.29 is 23.2 Å². The third kappa shape index (κ3) is 6.69. The third-order valence-corrected chi connectivity index (χ3v) is 6.75. The first kappa shape index (κ1) is 27.3. The van der Waals surface area contributed by atoms with Crippen LogP contribution >= 0.6 is 11.6 Å². The second-order valence-corrected chi connectivity index (χ2v) is 9.40. The Morgan fingerprint density at radius 2 is 1.92 bits per heavy atom. The maximum atomic E-state index is 14.4. The van der Waals surface area contributed by atoms with Gasteiger partial charge in [0.05, 0.1) is 10.6 Å². The van der Waals surface area contributed by atoms with E-state index in [0.29, 0.717) is 50.0 Å². The van der Waals surface area contributed by atoms with E-state index in [1.165, 1.54) is 6.08 Å². The van der Waals surface area contributed by atoms with Crippen molar-refractivity contribution in [1.29, 1.82) is 0 Å². The molecule has 2 unspecified atom stereocenters. The van der Waals surface area contributed by atoms with Crippen LogP contribution in [0.25, 0.3) is 5.57 Å². The first-order valence-corrected chi connectivity index (χ1v) is 12.3. The van der Waals surface area contributed by atoms with Crippen LogP contribution < -0.4 is 10.6 Å². The number of halogens is 3. The minimum Gasteiger partial charge on any atom is -0.355 e. The van der Waals surface area contributed by atoms with Crippen LogP contribution in [-0.4, -0.2) is 35.7 Å². The fraction of sp³-hybridized carbons (Fsp3) is 0.370. The minimum absolute atomic E-state index is 0.0882. The quantitative estimate of drug-likeness (QED) is 0.313. The van der Waals surface area contributed by atoms with Gasteiger partial charge in [-0.3, -0.25) is 14.4 Å². The van der Waals surface area contributed by atoms with E-state index in [1.54, 1.807) is 11.0 Å². The van der Waals surface area contributed by atoms with Crippen molar-refractivity contribution in [1.82, 2.24) is 10.2 Å². The number of hydrogen-bond acceptors (Lipinski definition) is 3. The number of nitrogens with one attached hydrogen (secondary N) is 2. The average molecular weight is 518 g/mol. The Morgan fingerprint density at radius 1 is 1.17 bits per heavy atom. The Bertz CT molecular complexity index is 1160. The summed E-state index contributed by atoms with van der Waals surface area (Å²) >= 11 is 5.79. The first-order chi connectivity index (χ1) is 17.2. The molecule has 2 atom stereocenters. The van der Waals surface area contributed by atoms with Crippen LogP contribution in [0.4, 0.5) is 14.5 Å². The lowest BCUT2D eigenvalue weighted by molar-refractivity contribution is -0.128. The van der Waals surface area contributed by atoms with Crippen LogP contribution in [0.3, 0.4) is 0 Å². The van der Waals surface area contributed by atoms with Crippen LogP contribution in [0.1, 0.15) is 50.7 Å². The van der Waals surface area contributed by atoms with Gasteiger partial charge in [-0.2, -0.15) is 0 Å². The van der Waals surface area contributed by atoms with Crippen molar-refractivity contribution >= 4 is 41.1 Å². The zero-order valence-corrected chi connectivity index (χ0v) is 21.1. The van der Waals surface area contributed by atoms with E-state index < -0.39 is 11.6 Å². The molecule has 2 N–H and O–H groups in total. The summed E-state index contributed by atoms with van der Waals surface area (Å²) in [5.74, 6) is -2.26. The summed E-state index contributed by atoms with van der Waals surface area (Å²) in [6, 6.07) is 9.44. The molecule has 3 rings (SSSR count). The molecule has 0 saturated heterocycles. The molecule has 2 aromatic carbocycles. The first-order valence-electron chi connectivity index (χ1n) is 11.9. The van der Waals surface area contributed by atoms with Crippen molar-refractivity contribution in [3.63, 3.8) is 0 Å². The molecule has 0 aliphatic carbocycles. The summed E-state index contributed by atoms with van der Waals surface area (Å²) in [6.45, 7) is 4.45. The molecule has 1 aliphatic rings. The number of hydrogen-bond donors (Lipinski definition) is 2. The highest BCUT2D eigenvalue weighted by molar-refractivity contribution is 6.31. The second kappa shape index (κ2) is 12.6. The Balaban J connectivity index is 1.52. The van der Waals surface area contributed by atoms with Gasteiger partial charge in [0.2, 0.25) is 18.2 Å². The van der Waals surface area contributed by atoms with Gasteiger partial charge in [-0.1, -0.05) is 43.1 Å². The van der Waals surface area contributed by atoms with Crippen LogP contribution in [0.2, 0.25) is 5.02 Å². The molecule has 0 saturated carbocycles. The topological polar surface area (TPSA) is 78.5 Å². The lowest BCUT2D eigenvalue weighted by Gasteiger charge is -2.32. The monoisotopic (exact) mass is 517 g/mol. The highest BCUT2D eigenvalue weighted by Crippen LogP contribution is 2.32. The second-order valence-electron chi connectivity index (χ2n) is 9.00. The molecule has 6 nitrogen and oxygen atoms in total. The van der Waals surface area contributed by atoms with Crippen molar-refractivity contribution in [2.24, 2.45) is 5.92 Å². The van der Waals surface area contributed by atoms with Crippen LogP contribution in [0.5, 0.6) is 0 Å². The van der Waals surface area contributed by atoms with Gasteiger partial charge in [-0.25, -0.2) is 8.78 Å². The summed E-state index contributed by atoms with van der Waals surface area (Å²) in [7, 11) is 0. The third-order valence-electron chi connectivity index (χ3n) is 6.46. The van der Waals surface area contributed by atoms with Crippen LogP contribution in [0.15, 0.2) is 42.5 Å². The molecule has 2 aromatic rings. The molecule has 0 radical (unpaired) electrons. The predicted octanol–water partition coefficient (Wildman–Crippen LogP) is 5.31. The van der Waals surface area contributed by atoms with Gasteiger partial charge in [0.25, 0.3) is 0 Å². The average Bonchev–Trinajstić information content (AvgIpc) is 2.86. The smallest absolute Gasteiger partial charge is 0.247 e. The summed E-state index contributed by atoms with van der Waals surface area (Å²) < 4.78 is 28.6. The van der Waals surface area contributed by atoms with Gasteiger partial charge in [0.15, 0.2) is 5.82 Å². The maximum absolute atomic E-state index is 14.4. The van der Waals surface area contributed by atoms with E-state index >= 15 is 0 Å². The number of amides is 3. The van der Waals surface area contributed by atoms with Crippen molar-refractivity contribution in [2.45, 2.75) is 52.1 Å². The summed E-state index contributed by atoms with van der Waals surface area (Å²) in [4.78, 5) is 37.7. The summed E-state index contributed by atoms with van der Waals surface area (Å²) in [5.41, 5.74) is 1.53. The molecule has 1 heterocycles. The number of rotatable bonds is 11. The number of nitrogens with zero attached hydrogens (tertiary/aromatic N) is 1. The maximum Gasteiger partial charge on any atom is 0.247 e. The summed E-state index contributed by atoms with van der Waals surface area (Å²) in [5, 5.41) is 5.34. The lowest BCUT2D eigenvalue weighted by atomic mass is 9.96. The fourth-order valence-electron chi connectivity index (χ4n) is 4.32. The number of para-hydroxylation sites is 1. The molecule has 192 valence electrons. The number of anilines is 1. The van der Waals surface area contributed by atoms with Crippen molar-refractivity contribution in [3.8, 4) is 0 Å². The highest BCUT2D eigenvalue weighted by atomic mass is 35.5. The van der Waals surface area contributed by atoms with E-state index in [4.69, 9.17) is 11.6 Å². The van der Waals surface area contributed by atoms with Crippen molar-refractivity contribution in [2.75, 3.05) is 11.9 Å². The van der Waals surface area contributed by atoms with E-state index in [-0.39, 0.29) is 34.4 Å². The fourth-order valence-corrected chi connectivity index (χ4v) is 4.48. The molecular formula is C27H30ClF2N3O3. The van der Waals surface area contributed by atoms with Crippen LogP contribution in [-0.2, 0) is 20.9 Å². The Hall–Kier alpha value is -3.26. The highest BCUT2D eigenvalue weighted by Gasteiger charge is 2.27. The Labute approximate surface area is 214 Å². The van der Waals surface area contributed by atoms with E-state index in [0.717, 1.165) is 24.1 Å².